The second-order valence-corrected chi connectivity index (χ2v) is 5.48. The molecule has 0 bridgehead atoms. The Balaban J connectivity index is 1.99. The number of hydrogen-bond acceptors (Lipinski definition) is 7. The molecule has 3 heterocycles. The van der Waals surface area contributed by atoms with Crippen LogP contribution in [0.15, 0.2) is 6.20 Å². The molecular formula is C13H17ClN6O2. The molecule has 118 valence electrons. The average Bonchev–Trinajstić information content (AvgIpc) is 3.13. The van der Waals surface area contributed by atoms with Crippen molar-refractivity contribution in [1.82, 2.24) is 25.1 Å². The molecule has 0 unspecified atom stereocenters. The van der Waals surface area contributed by atoms with Gasteiger partial charge >= 0.3 is 6.01 Å². The molecule has 1 aliphatic rings. The number of aromatic nitrogens is 5. The van der Waals surface area contributed by atoms with E-state index in [2.05, 4.69) is 25.1 Å². The minimum atomic E-state index is -0.0630. The summed E-state index contributed by atoms with van der Waals surface area (Å²) in [4.78, 5) is 14.8. The van der Waals surface area contributed by atoms with Gasteiger partial charge in [0.1, 0.15) is 10.8 Å². The van der Waals surface area contributed by atoms with Gasteiger partial charge in [0.25, 0.3) is 0 Å². The average molecular weight is 325 g/mol. The molecule has 1 N–H and O–H groups in total. The van der Waals surface area contributed by atoms with Gasteiger partial charge in [-0.2, -0.15) is 10.1 Å². The molecule has 0 saturated carbocycles. The van der Waals surface area contributed by atoms with Crippen LogP contribution in [0, 0.1) is 6.92 Å². The summed E-state index contributed by atoms with van der Waals surface area (Å²) in [5.74, 6) is 2.06. The van der Waals surface area contributed by atoms with Gasteiger partial charge in [-0.1, -0.05) is 11.6 Å². The largest absolute Gasteiger partial charge is 0.467 e. The highest BCUT2D eigenvalue weighted by molar-refractivity contribution is 6.32. The van der Waals surface area contributed by atoms with E-state index >= 15 is 0 Å². The molecule has 1 saturated heterocycles. The van der Waals surface area contributed by atoms with E-state index in [-0.39, 0.29) is 18.2 Å². The van der Waals surface area contributed by atoms with Gasteiger partial charge in [-0.15, -0.1) is 0 Å². The second-order valence-electron chi connectivity index (χ2n) is 5.07. The summed E-state index contributed by atoms with van der Waals surface area (Å²) in [5, 5.41) is 7.59. The number of rotatable bonds is 4. The van der Waals surface area contributed by atoms with Crippen LogP contribution in [0.5, 0.6) is 6.01 Å². The van der Waals surface area contributed by atoms with Gasteiger partial charge in [0.2, 0.25) is 0 Å². The zero-order chi connectivity index (χ0) is 15.7. The summed E-state index contributed by atoms with van der Waals surface area (Å²) in [5.41, 5.74) is 0. The Morgan fingerprint density at radius 2 is 2.18 bits per heavy atom. The van der Waals surface area contributed by atoms with E-state index in [1.807, 2.05) is 11.8 Å². The van der Waals surface area contributed by atoms with Crippen LogP contribution in [0.25, 0.3) is 0 Å². The van der Waals surface area contributed by atoms with Crippen molar-refractivity contribution in [2.75, 3.05) is 25.7 Å². The van der Waals surface area contributed by atoms with Gasteiger partial charge in [-0.3, -0.25) is 5.10 Å². The van der Waals surface area contributed by atoms with Gasteiger partial charge in [0.15, 0.2) is 11.6 Å². The summed E-state index contributed by atoms with van der Waals surface area (Å²) >= 11 is 6.27. The highest BCUT2D eigenvalue weighted by atomic mass is 35.5. The van der Waals surface area contributed by atoms with Crippen LogP contribution < -0.4 is 9.64 Å². The first-order valence-electron chi connectivity index (χ1n) is 6.87. The maximum Gasteiger partial charge on any atom is 0.318 e. The number of halogens is 1. The van der Waals surface area contributed by atoms with Crippen molar-refractivity contribution in [2.24, 2.45) is 0 Å². The monoisotopic (exact) mass is 324 g/mol. The quantitative estimate of drug-likeness (QED) is 0.912. The fourth-order valence-electron chi connectivity index (χ4n) is 2.60. The van der Waals surface area contributed by atoms with E-state index in [1.54, 1.807) is 7.11 Å². The lowest BCUT2D eigenvalue weighted by molar-refractivity contribution is 0.118. The zero-order valence-corrected chi connectivity index (χ0v) is 13.3. The van der Waals surface area contributed by atoms with Crippen molar-refractivity contribution in [3.8, 4) is 6.01 Å². The molecule has 0 radical (unpaired) electrons. The third-order valence-corrected chi connectivity index (χ3v) is 3.93. The Morgan fingerprint density at radius 1 is 1.36 bits per heavy atom. The molecule has 0 amide bonds. The van der Waals surface area contributed by atoms with Crippen molar-refractivity contribution in [1.29, 1.82) is 0 Å². The molecule has 2 aromatic rings. The molecule has 0 spiro atoms. The predicted octanol–water partition coefficient (Wildman–Crippen LogP) is 1.53. The van der Waals surface area contributed by atoms with Crippen LogP contribution in [0.3, 0.4) is 0 Å². The van der Waals surface area contributed by atoms with E-state index in [1.165, 1.54) is 13.3 Å². The Kier molecular flexibility index (Phi) is 4.12. The van der Waals surface area contributed by atoms with Crippen molar-refractivity contribution >= 4 is 17.4 Å². The van der Waals surface area contributed by atoms with Gasteiger partial charge in [0.05, 0.1) is 25.5 Å². The summed E-state index contributed by atoms with van der Waals surface area (Å²) in [6.07, 6.45) is 2.35. The van der Waals surface area contributed by atoms with Crippen molar-refractivity contribution in [3.63, 3.8) is 0 Å². The van der Waals surface area contributed by atoms with Crippen LogP contribution in [0.1, 0.15) is 24.1 Å². The fourth-order valence-corrected chi connectivity index (χ4v) is 2.80. The predicted molar refractivity (Wildman–Crippen MR) is 80.2 cm³/mol. The fraction of sp³-hybridized carbons (Fsp3) is 0.538. The summed E-state index contributed by atoms with van der Waals surface area (Å²) in [7, 11) is 3.21. The highest BCUT2D eigenvalue weighted by Gasteiger charge is 2.37. The topological polar surface area (TPSA) is 89.0 Å². The maximum absolute atomic E-state index is 6.27. The molecule has 0 aliphatic carbocycles. The maximum atomic E-state index is 6.27. The highest BCUT2D eigenvalue weighted by Crippen LogP contribution is 2.38. The summed E-state index contributed by atoms with van der Waals surface area (Å²) in [6.45, 7) is 2.51. The lowest BCUT2D eigenvalue weighted by atomic mass is 10.2. The number of methoxy groups -OCH3 is 2. The van der Waals surface area contributed by atoms with Gasteiger partial charge in [-0.05, 0) is 6.92 Å². The number of aromatic amines is 1. The lowest BCUT2D eigenvalue weighted by Gasteiger charge is -2.24. The van der Waals surface area contributed by atoms with Crippen molar-refractivity contribution < 1.29 is 9.47 Å². The van der Waals surface area contributed by atoms with Gasteiger partial charge in [0, 0.05) is 20.1 Å². The molecular weight excluding hydrogens is 308 g/mol. The Hall–Kier alpha value is -1.93. The number of anilines is 1. The summed E-state index contributed by atoms with van der Waals surface area (Å²) in [6, 6.07) is 0.206. The van der Waals surface area contributed by atoms with E-state index in [0.717, 1.165) is 12.2 Å². The Bertz CT molecular complexity index is 664. The third-order valence-electron chi connectivity index (χ3n) is 3.67. The second kappa shape index (κ2) is 6.05. The molecule has 1 aliphatic heterocycles. The van der Waals surface area contributed by atoms with Crippen LogP contribution in [-0.2, 0) is 4.74 Å². The van der Waals surface area contributed by atoms with Gasteiger partial charge in [-0.25, -0.2) is 9.97 Å². The third kappa shape index (κ3) is 2.71. The molecule has 9 heteroatoms. The summed E-state index contributed by atoms with van der Waals surface area (Å²) < 4.78 is 10.6. The van der Waals surface area contributed by atoms with Crippen LogP contribution in [0.4, 0.5) is 5.82 Å². The molecule has 3 rings (SSSR count). The number of nitrogens with one attached hydrogen (secondary N) is 1. The van der Waals surface area contributed by atoms with Gasteiger partial charge < -0.3 is 14.4 Å². The molecule has 0 aromatic carbocycles. The molecule has 8 nitrogen and oxygen atoms in total. The number of aryl methyl sites for hydroxylation is 1. The number of hydrogen-bond donors (Lipinski definition) is 1. The first kappa shape index (κ1) is 15.0. The van der Waals surface area contributed by atoms with Crippen LogP contribution in [-0.4, -0.2) is 52.0 Å². The van der Waals surface area contributed by atoms with E-state index < -0.39 is 0 Å². The number of nitrogens with zero attached hydrogens (tertiary/aromatic N) is 5. The SMILES string of the molecule is COc1ncc(Cl)c(N2C[C@H](OC)C[C@H]2c2n[nH]c(C)n2)n1. The smallest absolute Gasteiger partial charge is 0.318 e. The van der Waals surface area contributed by atoms with Crippen LogP contribution >= 0.6 is 11.6 Å². The molecule has 22 heavy (non-hydrogen) atoms. The molecule has 1 fully saturated rings. The Labute approximate surface area is 132 Å². The van der Waals surface area contributed by atoms with Crippen molar-refractivity contribution in [3.05, 3.63) is 22.9 Å². The van der Waals surface area contributed by atoms with Crippen molar-refractivity contribution in [2.45, 2.75) is 25.5 Å². The Morgan fingerprint density at radius 3 is 2.82 bits per heavy atom. The number of H-pyrrole nitrogens is 1. The minimum absolute atomic E-state index is 0.0563. The normalized spacial score (nSPS) is 21.4. The van der Waals surface area contributed by atoms with E-state index in [4.69, 9.17) is 21.1 Å². The zero-order valence-electron chi connectivity index (χ0n) is 12.6. The van der Waals surface area contributed by atoms with E-state index in [9.17, 15) is 0 Å². The minimum Gasteiger partial charge on any atom is -0.467 e. The van der Waals surface area contributed by atoms with E-state index in [0.29, 0.717) is 23.2 Å². The first-order valence-corrected chi connectivity index (χ1v) is 7.25. The van der Waals surface area contributed by atoms with Crippen LogP contribution in [0.2, 0.25) is 5.02 Å². The first-order chi connectivity index (χ1) is 10.6. The lowest BCUT2D eigenvalue weighted by Crippen LogP contribution is -2.26. The molecule has 2 aromatic heterocycles. The standard InChI is InChI=1S/C13H17ClN6O2/c1-7-16-11(19-18-7)10-4-8(21-2)6-20(10)12-9(14)5-15-13(17-12)22-3/h5,8,10H,4,6H2,1-3H3,(H,16,18,19)/t8-,10+/m1/s1. The molecule has 2 atom stereocenters. The number of ether oxygens (including phenoxy) is 2.